The monoisotopic (exact) mass is 595 g/mol. The van der Waals surface area contributed by atoms with Crippen molar-refractivity contribution in [1.82, 2.24) is 0 Å². The van der Waals surface area contributed by atoms with E-state index in [0.29, 0.717) is 0 Å². The molecule has 8 aromatic rings. The highest BCUT2D eigenvalue weighted by Gasteiger charge is 2.36. The van der Waals surface area contributed by atoms with Crippen molar-refractivity contribution in [3.63, 3.8) is 0 Å². The van der Waals surface area contributed by atoms with Crippen LogP contribution < -0.4 is 0 Å². The van der Waals surface area contributed by atoms with E-state index in [1.807, 2.05) is 0 Å². The van der Waals surface area contributed by atoms with Crippen LogP contribution in [-0.2, 0) is 0 Å². The molecule has 2 aliphatic rings. The second kappa shape index (κ2) is 10.2. The van der Waals surface area contributed by atoms with E-state index in [9.17, 15) is 0 Å². The molecule has 0 N–H and O–H groups in total. The molecule has 0 saturated carbocycles. The number of aliphatic imine (C=N–C) groups is 1. The van der Waals surface area contributed by atoms with Gasteiger partial charge >= 0.3 is 0 Å². The highest BCUT2D eigenvalue weighted by Crippen LogP contribution is 2.50. The molecule has 0 amide bonds. The zero-order valence-electron chi connectivity index (χ0n) is 25.7. The molecule has 0 spiro atoms. The molecule has 0 fully saturated rings. The molecule has 1 aliphatic carbocycles. The fourth-order valence-corrected chi connectivity index (χ4v) is 7.73. The molecule has 0 bridgehead atoms. The van der Waals surface area contributed by atoms with Crippen LogP contribution >= 0.6 is 0 Å². The first kappa shape index (κ1) is 26.2. The second-order valence-electron chi connectivity index (χ2n) is 12.8. The maximum absolute atomic E-state index is 5.14. The Bertz CT molecular complexity index is 2490. The summed E-state index contributed by atoms with van der Waals surface area (Å²) in [6, 6.07) is 62.4. The van der Waals surface area contributed by atoms with Crippen LogP contribution in [0.1, 0.15) is 22.6 Å². The number of benzene rings is 8. The van der Waals surface area contributed by atoms with Crippen molar-refractivity contribution in [2.75, 3.05) is 0 Å². The molecule has 0 radical (unpaired) electrons. The Hall–Kier alpha value is -6.05. The van der Waals surface area contributed by atoms with Crippen molar-refractivity contribution in [1.29, 1.82) is 0 Å². The number of fused-ring (bicyclic) bond motifs is 10. The summed E-state index contributed by atoms with van der Waals surface area (Å²) in [4.78, 5) is 5.14. The normalized spacial score (nSPS) is 14.3. The van der Waals surface area contributed by atoms with Gasteiger partial charge in [-0.3, -0.25) is 4.99 Å². The van der Waals surface area contributed by atoms with Crippen molar-refractivity contribution in [2.24, 2.45) is 4.99 Å². The molecular weight excluding hydrogens is 567 g/mol. The van der Waals surface area contributed by atoms with Gasteiger partial charge in [0, 0.05) is 5.56 Å². The molecule has 8 aromatic carbocycles. The maximum atomic E-state index is 5.14. The summed E-state index contributed by atoms with van der Waals surface area (Å²) < 4.78 is 0. The lowest BCUT2D eigenvalue weighted by molar-refractivity contribution is 1.10. The Balaban J connectivity index is 1.18. The number of rotatable bonds is 3. The third-order valence-corrected chi connectivity index (χ3v) is 10.1. The van der Waals surface area contributed by atoms with E-state index in [-0.39, 0.29) is 5.92 Å². The summed E-state index contributed by atoms with van der Waals surface area (Å²) >= 11 is 0. The van der Waals surface area contributed by atoms with Gasteiger partial charge in [-0.25, -0.2) is 0 Å². The number of hydrogen-bond acceptors (Lipinski definition) is 1. The predicted octanol–water partition coefficient (Wildman–Crippen LogP) is 12.2. The summed E-state index contributed by atoms with van der Waals surface area (Å²) in [7, 11) is 0. The lowest BCUT2D eigenvalue weighted by Gasteiger charge is -2.27. The van der Waals surface area contributed by atoms with Gasteiger partial charge in [-0.15, -0.1) is 0 Å². The average molecular weight is 596 g/mol. The molecule has 0 aromatic heterocycles. The molecule has 1 heterocycles. The summed E-state index contributed by atoms with van der Waals surface area (Å²) in [5.41, 5.74) is 16.0. The quantitative estimate of drug-likeness (QED) is 0.193. The van der Waals surface area contributed by atoms with E-state index < -0.39 is 0 Å². The van der Waals surface area contributed by atoms with Crippen LogP contribution in [-0.4, -0.2) is 5.71 Å². The summed E-state index contributed by atoms with van der Waals surface area (Å²) in [5.74, 6) is 0.155. The van der Waals surface area contributed by atoms with Crippen molar-refractivity contribution in [3.05, 3.63) is 187 Å². The van der Waals surface area contributed by atoms with Crippen LogP contribution in [0.15, 0.2) is 175 Å². The Morgan fingerprint density at radius 3 is 1.49 bits per heavy atom. The van der Waals surface area contributed by atoms with Gasteiger partial charge in [0.2, 0.25) is 0 Å². The molecular formula is C46H29N. The van der Waals surface area contributed by atoms with E-state index in [1.54, 1.807) is 0 Å². The number of hydrogen-bond donors (Lipinski definition) is 0. The van der Waals surface area contributed by atoms with Crippen molar-refractivity contribution < 1.29 is 0 Å². The van der Waals surface area contributed by atoms with Gasteiger partial charge in [0.25, 0.3) is 0 Å². The molecule has 10 rings (SSSR count). The second-order valence-corrected chi connectivity index (χ2v) is 12.8. The van der Waals surface area contributed by atoms with Crippen LogP contribution in [0.4, 0.5) is 5.69 Å². The van der Waals surface area contributed by atoms with Gasteiger partial charge < -0.3 is 0 Å². The van der Waals surface area contributed by atoms with Gasteiger partial charge in [0.05, 0.1) is 17.3 Å². The van der Waals surface area contributed by atoms with E-state index in [1.165, 1.54) is 88.5 Å². The van der Waals surface area contributed by atoms with Crippen molar-refractivity contribution >= 4 is 32.9 Å². The lowest BCUT2D eigenvalue weighted by Crippen LogP contribution is -2.18. The smallest absolute Gasteiger partial charge is 0.0675 e. The Labute approximate surface area is 274 Å². The van der Waals surface area contributed by atoms with Crippen LogP contribution in [0.25, 0.3) is 66.1 Å². The van der Waals surface area contributed by atoms with E-state index in [2.05, 4.69) is 170 Å². The van der Waals surface area contributed by atoms with Gasteiger partial charge in [0.15, 0.2) is 0 Å². The Kier molecular flexibility index (Phi) is 5.70. The van der Waals surface area contributed by atoms with Gasteiger partial charge in [-0.2, -0.15) is 0 Å². The van der Waals surface area contributed by atoms with Gasteiger partial charge in [-0.05, 0) is 120 Å². The van der Waals surface area contributed by atoms with Crippen LogP contribution in [0.5, 0.6) is 0 Å². The number of nitrogens with zero attached hydrogens (tertiary/aromatic N) is 1. The van der Waals surface area contributed by atoms with Crippen molar-refractivity contribution in [2.45, 2.75) is 5.92 Å². The summed E-state index contributed by atoms with van der Waals surface area (Å²) in [6.07, 6.45) is 0. The Morgan fingerprint density at radius 2 is 0.830 bits per heavy atom. The molecule has 1 heteroatoms. The van der Waals surface area contributed by atoms with E-state index in [4.69, 9.17) is 4.99 Å². The maximum Gasteiger partial charge on any atom is 0.0675 e. The van der Waals surface area contributed by atoms with Crippen LogP contribution in [0.2, 0.25) is 0 Å². The average Bonchev–Trinajstić information content (AvgIpc) is 3.54. The van der Waals surface area contributed by atoms with Crippen LogP contribution in [0, 0.1) is 0 Å². The fourth-order valence-electron chi connectivity index (χ4n) is 7.73. The zero-order valence-corrected chi connectivity index (χ0v) is 25.7. The van der Waals surface area contributed by atoms with Crippen LogP contribution in [0.3, 0.4) is 0 Å². The molecule has 0 saturated heterocycles. The minimum Gasteiger partial charge on any atom is -0.251 e. The third kappa shape index (κ3) is 4.21. The van der Waals surface area contributed by atoms with Gasteiger partial charge in [-0.1, -0.05) is 127 Å². The Morgan fingerprint density at radius 1 is 0.319 bits per heavy atom. The largest absolute Gasteiger partial charge is 0.251 e. The molecule has 1 atom stereocenters. The first-order valence-electron chi connectivity index (χ1n) is 16.3. The van der Waals surface area contributed by atoms with E-state index >= 15 is 0 Å². The fraction of sp³-hybridized carbons (Fsp3) is 0.0217. The SMILES string of the molecule is c1ccc2c(c1)N=C1c3ccccc3-c3cc(-c4cc(-c5ccc6ccccc6c5)cc(-c5ccc6ccccc6c5)c4)ccc3C12. The highest BCUT2D eigenvalue weighted by molar-refractivity contribution is 6.18. The zero-order chi connectivity index (χ0) is 30.9. The molecule has 1 nitrogen and oxygen atoms in total. The number of para-hydroxylation sites is 1. The lowest BCUT2D eigenvalue weighted by atomic mass is 9.74. The minimum atomic E-state index is 0.155. The first-order chi connectivity index (χ1) is 23.3. The summed E-state index contributed by atoms with van der Waals surface area (Å²) in [6.45, 7) is 0. The van der Waals surface area contributed by atoms with E-state index in [0.717, 1.165) is 5.69 Å². The topological polar surface area (TPSA) is 12.4 Å². The van der Waals surface area contributed by atoms with Crippen molar-refractivity contribution in [3.8, 4) is 44.5 Å². The molecule has 1 unspecified atom stereocenters. The first-order valence-corrected chi connectivity index (χ1v) is 16.3. The predicted molar refractivity (Wildman–Crippen MR) is 198 cm³/mol. The minimum absolute atomic E-state index is 0.155. The summed E-state index contributed by atoms with van der Waals surface area (Å²) in [5, 5.41) is 5.02. The molecule has 218 valence electrons. The molecule has 1 aliphatic heterocycles. The van der Waals surface area contributed by atoms with Gasteiger partial charge in [0.1, 0.15) is 0 Å². The standard InChI is InChI=1S/C46H29N/c1-3-11-31-23-33(19-17-29(31)9-1)36-25-37(34-20-18-30-10-2-4-12-32(30)24-34)27-38(26-36)35-21-22-40-43(28-35)39-13-5-6-14-41(39)46-45(40)42-15-7-8-16-44(42)47-46/h1-28,45H. The third-order valence-electron chi connectivity index (χ3n) is 10.1. The molecule has 47 heavy (non-hydrogen) atoms. The highest BCUT2D eigenvalue weighted by atomic mass is 14.8.